The van der Waals surface area contributed by atoms with E-state index in [1.54, 1.807) is 0 Å². The lowest BCUT2D eigenvalue weighted by Gasteiger charge is -2.20. The molecule has 7 aromatic rings. The lowest BCUT2D eigenvalue weighted by molar-refractivity contribution is 1.31. The van der Waals surface area contributed by atoms with Gasteiger partial charge in [-0.3, -0.25) is 0 Å². The van der Waals surface area contributed by atoms with Gasteiger partial charge in [0.05, 0.1) is 45.5 Å². The van der Waals surface area contributed by atoms with Crippen LogP contribution in [0.3, 0.4) is 0 Å². The van der Waals surface area contributed by atoms with Crippen LogP contribution in [-0.2, 0) is 0 Å². The summed E-state index contributed by atoms with van der Waals surface area (Å²) in [6.07, 6.45) is 0. The summed E-state index contributed by atoms with van der Waals surface area (Å²) in [7, 11) is 0. The Hall–Kier alpha value is -6.40. The van der Waals surface area contributed by atoms with Crippen molar-refractivity contribution in [1.82, 2.24) is 9.97 Å². The first-order valence-electron chi connectivity index (χ1n) is 15.0. The summed E-state index contributed by atoms with van der Waals surface area (Å²) in [5, 5.41) is 0. The molecular weight excluding hydrogens is 564 g/mol. The highest BCUT2D eigenvalue weighted by molar-refractivity contribution is 6.01. The maximum Gasteiger partial charge on any atom is 0.0960 e. The molecule has 46 heavy (non-hydrogen) atoms. The quantitative estimate of drug-likeness (QED) is 0.152. The van der Waals surface area contributed by atoms with E-state index in [-0.39, 0.29) is 0 Å². The topological polar surface area (TPSA) is 130 Å². The molecule has 0 radical (unpaired) electrons. The van der Waals surface area contributed by atoms with E-state index in [2.05, 4.69) is 6.07 Å². The number of anilines is 4. The number of rotatable bonds is 6. The second kappa shape index (κ2) is 11.9. The van der Waals surface area contributed by atoms with Crippen LogP contribution in [0.1, 0.15) is 0 Å². The Morgan fingerprint density at radius 3 is 0.935 bits per heavy atom. The van der Waals surface area contributed by atoms with Gasteiger partial charge in [0.25, 0.3) is 0 Å². The zero-order chi connectivity index (χ0) is 31.6. The van der Waals surface area contributed by atoms with Crippen LogP contribution in [0, 0.1) is 0 Å². The van der Waals surface area contributed by atoms with E-state index in [9.17, 15) is 0 Å². The average Bonchev–Trinajstić information content (AvgIpc) is 3.12. The zero-order valence-electron chi connectivity index (χ0n) is 25.1. The molecule has 2 aromatic heterocycles. The summed E-state index contributed by atoms with van der Waals surface area (Å²) < 4.78 is 0. The summed E-state index contributed by atoms with van der Waals surface area (Å²) in [5.41, 5.74) is 38.5. The summed E-state index contributed by atoms with van der Waals surface area (Å²) in [6.45, 7) is 0. The molecule has 0 saturated carbocycles. The molecular formula is C40H32N6. The fraction of sp³-hybridized carbons (Fsp3) is 0. The van der Waals surface area contributed by atoms with Gasteiger partial charge < -0.3 is 22.9 Å². The molecule has 0 fully saturated rings. The molecule has 0 bridgehead atoms. The Labute approximate surface area is 268 Å². The van der Waals surface area contributed by atoms with E-state index >= 15 is 0 Å². The smallest absolute Gasteiger partial charge is 0.0960 e. The fourth-order valence-electron chi connectivity index (χ4n) is 5.89. The SMILES string of the molecule is Nc1c(-c2ccccc2)nc(-c2cccc(-c3nc(-c4ccccc4)c(N)c(N)c3-c3ccccc3)c2)c(-c2ccccc2)c1N. The second-order valence-corrected chi connectivity index (χ2v) is 11.1. The van der Waals surface area contributed by atoms with Gasteiger partial charge in [0.2, 0.25) is 0 Å². The Morgan fingerprint density at radius 1 is 0.283 bits per heavy atom. The van der Waals surface area contributed by atoms with Crippen LogP contribution in [0.5, 0.6) is 0 Å². The van der Waals surface area contributed by atoms with Gasteiger partial charge in [0, 0.05) is 33.4 Å². The van der Waals surface area contributed by atoms with Crippen LogP contribution in [0.25, 0.3) is 67.3 Å². The molecule has 0 atom stereocenters. The molecule has 0 spiro atoms. The molecule has 0 aliphatic rings. The van der Waals surface area contributed by atoms with E-state index in [1.807, 2.05) is 140 Å². The minimum atomic E-state index is 0.441. The Morgan fingerprint density at radius 2 is 0.587 bits per heavy atom. The number of nitrogens with zero attached hydrogens (tertiary/aromatic N) is 2. The molecule has 0 saturated heterocycles. The standard InChI is InChI=1S/C40H32N6/c41-33-31(25-14-5-1-6-15-25)37(45-39(35(33)43)27-18-9-3-10-19-27)29-22-13-23-30(24-29)38-32(26-16-7-2-8-17-26)34(42)36(44)40(46-38)28-20-11-4-12-21-28/h1-24H,43-44H2,(H2,41,45)(H2,42,46). The van der Waals surface area contributed by atoms with Gasteiger partial charge in [-0.05, 0) is 17.2 Å². The van der Waals surface area contributed by atoms with Gasteiger partial charge in [-0.2, -0.15) is 0 Å². The van der Waals surface area contributed by atoms with Crippen molar-refractivity contribution in [3.63, 3.8) is 0 Å². The average molecular weight is 597 g/mol. The fourth-order valence-corrected chi connectivity index (χ4v) is 5.89. The van der Waals surface area contributed by atoms with Crippen molar-refractivity contribution >= 4 is 22.7 Å². The molecule has 6 nitrogen and oxygen atoms in total. The molecule has 0 aliphatic carbocycles. The van der Waals surface area contributed by atoms with Crippen molar-refractivity contribution in [1.29, 1.82) is 0 Å². The highest BCUT2D eigenvalue weighted by atomic mass is 14.8. The molecule has 0 unspecified atom stereocenters. The molecule has 0 amide bonds. The molecule has 6 heteroatoms. The number of aromatic nitrogens is 2. The summed E-state index contributed by atoms with van der Waals surface area (Å²) in [6, 6.07) is 47.8. The van der Waals surface area contributed by atoms with Crippen molar-refractivity contribution < 1.29 is 0 Å². The number of benzene rings is 5. The monoisotopic (exact) mass is 596 g/mol. The summed E-state index contributed by atoms with van der Waals surface area (Å²) in [4.78, 5) is 10.4. The van der Waals surface area contributed by atoms with Gasteiger partial charge in [0.1, 0.15) is 0 Å². The molecule has 0 aliphatic heterocycles. The first kappa shape index (κ1) is 28.4. The number of hydrogen-bond donors (Lipinski definition) is 4. The zero-order valence-corrected chi connectivity index (χ0v) is 25.1. The maximum atomic E-state index is 6.85. The van der Waals surface area contributed by atoms with Crippen molar-refractivity contribution in [3.8, 4) is 67.3 Å². The van der Waals surface area contributed by atoms with Crippen LogP contribution < -0.4 is 22.9 Å². The highest BCUT2D eigenvalue weighted by Crippen LogP contribution is 2.45. The minimum Gasteiger partial charge on any atom is -0.396 e. The highest BCUT2D eigenvalue weighted by Gasteiger charge is 2.23. The van der Waals surface area contributed by atoms with E-state index in [0.29, 0.717) is 45.5 Å². The van der Waals surface area contributed by atoms with Gasteiger partial charge in [-0.1, -0.05) is 140 Å². The van der Waals surface area contributed by atoms with Crippen LogP contribution in [-0.4, -0.2) is 9.97 Å². The van der Waals surface area contributed by atoms with Crippen molar-refractivity contribution in [2.24, 2.45) is 0 Å². The minimum absolute atomic E-state index is 0.441. The largest absolute Gasteiger partial charge is 0.396 e. The number of hydrogen-bond acceptors (Lipinski definition) is 6. The number of pyridine rings is 2. The summed E-state index contributed by atoms with van der Waals surface area (Å²) in [5.74, 6) is 0. The Balaban J connectivity index is 1.50. The molecule has 7 rings (SSSR count). The second-order valence-electron chi connectivity index (χ2n) is 11.1. The number of nitrogen functional groups attached to an aromatic ring is 4. The van der Waals surface area contributed by atoms with Crippen LogP contribution >= 0.6 is 0 Å². The lowest BCUT2D eigenvalue weighted by atomic mass is 9.91. The van der Waals surface area contributed by atoms with Crippen molar-refractivity contribution in [2.75, 3.05) is 22.9 Å². The third-order valence-electron chi connectivity index (χ3n) is 8.18. The van der Waals surface area contributed by atoms with Crippen LogP contribution in [0.15, 0.2) is 146 Å². The van der Waals surface area contributed by atoms with E-state index < -0.39 is 0 Å². The molecule has 5 aromatic carbocycles. The molecule has 2 heterocycles. The third-order valence-corrected chi connectivity index (χ3v) is 8.18. The maximum absolute atomic E-state index is 6.85. The predicted octanol–water partition coefficient (Wildman–Crippen LogP) is 8.81. The summed E-state index contributed by atoms with van der Waals surface area (Å²) >= 11 is 0. The van der Waals surface area contributed by atoms with Crippen LogP contribution in [0.2, 0.25) is 0 Å². The number of nitrogens with two attached hydrogens (primary N) is 4. The first-order valence-corrected chi connectivity index (χ1v) is 15.0. The molecule has 8 N–H and O–H groups in total. The van der Waals surface area contributed by atoms with E-state index in [4.69, 9.17) is 32.9 Å². The van der Waals surface area contributed by atoms with Gasteiger partial charge in [-0.15, -0.1) is 0 Å². The Kier molecular flexibility index (Phi) is 7.37. The first-order chi connectivity index (χ1) is 22.5. The lowest BCUT2D eigenvalue weighted by Crippen LogP contribution is -2.06. The van der Waals surface area contributed by atoms with Crippen LogP contribution in [0.4, 0.5) is 22.7 Å². The van der Waals surface area contributed by atoms with Gasteiger partial charge >= 0.3 is 0 Å². The van der Waals surface area contributed by atoms with E-state index in [0.717, 1.165) is 44.5 Å². The van der Waals surface area contributed by atoms with Gasteiger partial charge in [0.15, 0.2) is 0 Å². The van der Waals surface area contributed by atoms with Crippen molar-refractivity contribution in [2.45, 2.75) is 0 Å². The third kappa shape index (κ3) is 5.08. The van der Waals surface area contributed by atoms with E-state index in [1.165, 1.54) is 0 Å². The Bertz CT molecular complexity index is 2010. The predicted molar refractivity (Wildman–Crippen MR) is 192 cm³/mol. The van der Waals surface area contributed by atoms with Crippen molar-refractivity contribution in [3.05, 3.63) is 146 Å². The molecule has 222 valence electrons. The van der Waals surface area contributed by atoms with Gasteiger partial charge in [-0.25, -0.2) is 9.97 Å². The normalized spacial score (nSPS) is 11.0.